The van der Waals surface area contributed by atoms with Crippen molar-refractivity contribution in [3.8, 4) is 0 Å². The molecule has 3 nitrogen and oxygen atoms in total. The summed E-state index contributed by atoms with van der Waals surface area (Å²) in [6, 6.07) is 1.36. The van der Waals surface area contributed by atoms with E-state index >= 15 is 0 Å². The Morgan fingerprint density at radius 1 is 1.00 bits per heavy atom. The van der Waals surface area contributed by atoms with Crippen molar-refractivity contribution in [1.29, 1.82) is 0 Å². The van der Waals surface area contributed by atoms with Crippen LogP contribution in [0.4, 0.5) is 0 Å². The summed E-state index contributed by atoms with van der Waals surface area (Å²) in [6.07, 6.45) is 6.98. The molecule has 1 atom stereocenters. The summed E-state index contributed by atoms with van der Waals surface area (Å²) in [4.78, 5) is 5.40. The van der Waals surface area contributed by atoms with E-state index in [0.717, 1.165) is 18.5 Å². The molecule has 0 aromatic heterocycles. The van der Waals surface area contributed by atoms with Gasteiger partial charge in [-0.1, -0.05) is 13.8 Å². The van der Waals surface area contributed by atoms with Crippen LogP contribution in [0.25, 0.3) is 0 Å². The molecule has 0 amide bonds. The number of rotatable bonds is 7. The Morgan fingerprint density at radius 3 is 2.25 bits per heavy atom. The van der Waals surface area contributed by atoms with Crippen LogP contribution in [0.2, 0.25) is 0 Å². The molecule has 2 aliphatic heterocycles. The lowest BCUT2D eigenvalue weighted by molar-refractivity contribution is 0.117. The summed E-state index contributed by atoms with van der Waals surface area (Å²) in [5.74, 6) is 0.963. The van der Waals surface area contributed by atoms with Gasteiger partial charge in [-0.25, -0.2) is 0 Å². The first kappa shape index (κ1) is 16.3. The number of piperidine rings is 1. The standard InChI is InChI=1S/C17H35N3/c1-15(2)18-9-6-16(3)20-12-7-17(8-13-20)14-19-10-4-5-11-19/h15-18H,4-14H2,1-3H3. The fourth-order valence-electron chi connectivity index (χ4n) is 3.67. The van der Waals surface area contributed by atoms with Crippen LogP contribution in [0.15, 0.2) is 0 Å². The fraction of sp³-hybridized carbons (Fsp3) is 1.00. The summed E-state index contributed by atoms with van der Waals surface area (Å²) >= 11 is 0. The lowest BCUT2D eigenvalue weighted by atomic mass is 9.95. The van der Waals surface area contributed by atoms with Crippen molar-refractivity contribution in [3.63, 3.8) is 0 Å². The van der Waals surface area contributed by atoms with Gasteiger partial charge in [0.2, 0.25) is 0 Å². The highest BCUT2D eigenvalue weighted by molar-refractivity contribution is 4.80. The maximum atomic E-state index is 3.54. The third kappa shape index (κ3) is 5.34. The highest BCUT2D eigenvalue weighted by atomic mass is 15.2. The largest absolute Gasteiger partial charge is 0.314 e. The molecule has 0 aliphatic carbocycles. The van der Waals surface area contributed by atoms with Gasteiger partial charge in [0, 0.05) is 18.6 Å². The molecule has 2 fully saturated rings. The quantitative estimate of drug-likeness (QED) is 0.774. The van der Waals surface area contributed by atoms with Gasteiger partial charge in [0.25, 0.3) is 0 Å². The maximum absolute atomic E-state index is 3.54. The summed E-state index contributed by atoms with van der Waals surface area (Å²) < 4.78 is 0. The van der Waals surface area contributed by atoms with Gasteiger partial charge < -0.3 is 15.1 Å². The zero-order valence-corrected chi connectivity index (χ0v) is 13.9. The zero-order chi connectivity index (χ0) is 14.4. The predicted octanol–water partition coefficient (Wildman–Crippen LogP) is 2.57. The van der Waals surface area contributed by atoms with E-state index in [1.807, 2.05) is 0 Å². The molecule has 2 heterocycles. The van der Waals surface area contributed by atoms with Gasteiger partial charge in [0.1, 0.15) is 0 Å². The van der Waals surface area contributed by atoms with E-state index < -0.39 is 0 Å². The molecular weight excluding hydrogens is 246 g/mol. The van der Waals surface area contributed by atoms with Crippen molar-refractivity contribution >= 4 is 0 Å². The Bertz CT molecular complexity index is 253. The molecule has 1 unspecified atom stereocenters. The minimum absolute atomic E-state index is 0.619. The average molecular weight is 281 g/mol. The van der Waals surface area contributed by atoms with Crippen molar-refractivity contribution in [2.45, 2.75) is 65.0 Å². The highest BCUT2D eigenvalue weighted by Crippen LogP contribution is 2.22. The first-order valence-corrected chi connectivity index (χ1v) is 8.85. The monoisotopic (exact) mass is 281 g/mol. The highest BCUT2D eigenvalue weighted by Gasteiger charge is 2.24. The molecule has 1 N–H and O–H groups in total. The van der Waals surface area contributed by atoms with E-state index in [0.29, 0.717) is 6.04 Å². The fourth-order valence-corrected chi connectivity index (χ4v) is 3.67. The second kappa shape index (κ2) is 8.35. The Kier molecular flexibility index (Phi) is 6.79. The molecule has 0 radical (unpaired) electrons. The summed E-state index contributed by atoms with van der Waals surface area (Å²) in [5, 5.41) is 3.54. The van der Waals surface area contributed by atoms with E-state index in [1.54, 1.807) is 0 Å². The SMILES string of the molecule is CC(C)NCCC(C)N1CCC(CN2CCCC2)CC1. The molecule has 2 aliphatic rings. The Labute approximate surface area is 126 Å². The number of nitrogens with one attached hydrogen (secondary N) is 1. The van der Waals surface area contributed by atoms with Crippen LogP contribution in [0, 0.1) is 5.92 Å². The minimum atomic E-state index is 0.619. The van der Waals surface area contributed by atoms with Crippen LogP contribution in [0.3, 0.4) is 0 Å². The number of hydrogen-bond acceptors (Lipinski definition) is 3. The maximum Gasteiger partial charge on any atom is 0.00790 e. The number of nitrogens with zero attached hydrogens (tertiary/aromatic N) is 2. The lowest BCUT2D eigenvalue weighted by Gasteiger charge is -2.37. The van der Waals surface area contributed by atoms with Gasteiger partial charge in [0.05, 0.1) is 0 Å². The van der Waals surface area contributed by atoms with Crippen LogP contribution in [0.1, 0.15) is 52.9 Å². The van der Waals surface area contributed by atoms with Crippen molar-refractivity contribution < 1.29 is 0 Å². The third-order valence-electron chi connectivity index (χ3n) is 5.10. The van der Waals surface area contributed by atoms with E-state index in [1.165, 1.54) is 64.8 Å². The molecule has 0 saturated carbocycles. The van der Waals surface area contributed by atoms with E-state index in [-0.39, 0.29) is 0 Å². The van der Waals surface area contributed by atoms with Crippen LogP contribution >= 0.6 is 0 Å². The van der Waals surface area contributed by atoms with Gasteiger partial charge in [-0.3, -0.25) is 0 Å². The van der Waals surface area contributed by atoms with E-state index in [2.05, 4.69) is 35.9 Å². The van der Waals surface area contributed by atoms with Gasteiger partial charge >= 0.3 is 0 Å². The molecule has 0 bridgehead atoms. The van der Waals surface area contributed by atoms with Crippen LogP contribution in [-0.4, -0.2) is 61.2 Å². The molecule has 0 aromatic carbocycles. The predicted molar refractivity (Wildman–Crippen MR) is 87.2 cm³/mol. The van der Waals surface area contributed by atoms with Gasteiger partial charge in [-0.15, -0.1) is 0 Å². The number of hydrogen-bond donors (Lipinski definition) is 1. The summed E-state index contributed by atoms with van der Waals surface area (Å²) in [5.41, 5.74) is 0. The molecule has 2 rings (SSSR count). The minimum Gasteiger partial charge on any atom is -0.314 e. The average Bonchev–Trinajstić information content (AvgIpc) is 2.92. The molecule has 118 valence electrons. The zero-order valence-electron chi connectivity index (χ0n) is 13.9. The molecule has 3 heteroatoms. The summed E-state index contributed by atoms with van der Waals surface area (Å²) in [7, 11) is 0. The normalized spacial score (nSPS) is 24.6. The van der Waals surface area contributed by atoms with E-state index in [9.17, 15) is 0 Å². The molecule has 0 aromatic rings. The van der Waals surface area contributed by atoms with Gasteiger partial charge in [-0.2, -0.15) is 0 Å². The molecular formula is C17H35N3. The number of likely N-dealkylation sites (tertiary alicyclic amines) is 2. The van der Waals surface area contributed by atoms with Crippen molar-refractivity contribution in [3.05, 3.63) is 0 Å². The third-order valence-corrected chi connectivity index (χ3v) is 5.10. The van der Waals surface area contributed by atoms with Gasteiger partial charge in [-0.05, 0) is 77.7 Å². The molecule has 0 spiro atoms. The van der Waals surface area contributed by atoms with Crippen molar-refractivity contribution in [2.24, 2.45) is 5.92 Å². The summed E-state index contributed by atoms with van der Waals surface area (Å²) in [6.45, 7) is 14.8. The van der Waals surface area contributed by atoms with Crippen LogP contribution in [0.5, 0.6) is 0 Å². The molecule has 20 heavy (non-hydrogen) atoms. The van der Waals surface area contributed by atoms with Crippen molar-refractivity contribution in [2.75, 3.05) is 39.3 Å². The van der Waals surface area contributed by atoms with E-state index in [4.69, 9.17) is 0 Å². The Hall–Kier alpha value is -0.120. The Balaban J connectivity index is 1.60. The van der Waals surface area contributed by atoms with Crippen LogP contribution < -0.4 is 5.32 Å². The first-order valence-electron chi connectivity index (χ1n) is 8.85. The van der Waals surface area contributed by atoms with Crippen molar-refractivity contribution in [1.82, 2.24) is 15.1 Å². The molecule has 2 saturated heterocycles. The lowest BCUT2D eigenvalue weighted by Crippen LogP contribution is -2.43. The Morgan fingerprint density at radius 2 is 1.65 bits per heavy atom. The van der Waals surface area contributed by atoms with Crippen LogP contribution in [-0.2, 0) is 0 Å². The smallest absolute Gasteiger partial charge is 0.00790 e. The second-order valence-corrected chi connectivity index (χ2v) is 7.23. The first-order chi connectivity index (χ1) is 9.65. The second-order valence-electron chi connectivity index (χ2n) is 7.23. The van der Waals surface area contributed by atoms with Gasteiger partial charge in [0.15, 0.2) is 0 Å². The topological polar surface area (TPSA) is 18.5 Å².